The molecule has 0 bridgehead atoms. The average Bonchev–Trinajstić information content (AvgIpc) is 2.96. The third-order valence-corrected chi connectivity index (χ3v) is 11.7. The van der Waals surface area contributed by atoms with E-state index in [0.717, 1.165) is 11.1 Å². The van der Waals surface area contributed by atoms with E-state index in [2.05, 4.69) is 147 Å². The van der Waals surface area contributed by atoms with E-state index in [1.54, 1.807) is 0 Å². The molecular formula is C35H30OSi. The van der Waals surface area contributed by atoms with Crippen LogP contribution in [-0.4, -0.2) is 8.07 Å². The highest BCUT2D eigenvalue weighted by Gasteiger charge is 2.41. The predicted molar refractivity (Wildman–Crippen MR) is 160 cm³/mol. The van der Waals surface area contributed by atoms with Crippen LogP contribution in [0, 0.1) is 6.92 Å². The van der Waals surface area contributed by atoms with Gasteiger partial charge in [-0.1, -0.05) is 158 Å². The van der Waals surface area contributed by atoms with Crippen LogP contribution in [0.5, 0.6) is 0 Å². The highest BCUT2D eigenvalue weighted by atomic mass is 28.3. The van der Waals surface area contributed by atoms with Gasteiger partial charge in [-0.3, -0.25) is 0 Å². The number of benzene rings is 5. The molecule has 0 atom stereocenters. The Morgan fingerprint density at radius 2 is 0.784 bits per heavy atom. The van der Waals surface area contributed by atoms with Crippen molar-refractivity contribution < 1.29 is 4.74 Å². The van der Waals surface area contributed by atoms with E-state index in [4.69, 9.17) is 4.74 Å². The summed E-state index contributed by atoms with van der Waals surface area (Å²) in [6, 6.07) is 49.6. The maximum absolute atomic E-state index is 6.06. The van der Waals surface area contributed by atoms with Gasteiger partial charge in [0, 0.05) is 11.1 Å². The second kappa shape index (κ2) is 10.7. The third-order valence-electron chi connectivity index (χ3n) is 6.88. The Labute approximate surface area is 221 Å². The van der Waals surface area contributed by atoms with Crippen LogP contribution in [-0.2, 0) is 4.74 Å². The van der Waals surface area contributed by atoms with Gasteiger partial charge in [0.2, 0.25) is 0 Å². The Hall–Kier alpha value is -4.40. The lowest BCUT2D eigenvalue weighted by atomic mass is 10.1. The molecule has 0 saturated carbocycles. The van der Waals surface area contributed by atoms with E-state index in [1.165, 1.54) is 26.3 Å². The minimum absolute atomic E-state index is 0.587. The van der Waals surface area contributed by atoms with Crippen LogP contribution in [0.15, 0.2) is 153 Å². The molecule has 0 unspecified atom stereocenters. The quantitative estimate of drug-likeness (QED) is 0.145. The second-order valence-electron chi connectivity index (χ2n) is 9.24. The molecule has 5 aromatic rings. The van der Waals surface area contributed by atoms with Gasteiger partial charge < -0.3 is 4.74 Å². The summed E-state index contributed by atoms with van der Waals surface area (Å²) in [4.78, 5) is 0. The van der Waals surface area contributed by atoms with Crippen molar-refractivity contribution in [3.05, 3.63) is 169 Å². The molecule has 0 spiro atoms. The third kappa shape index (κ3) is 4.84. The Morgan fingerprint density at radius 3 is 1.16 bits per heavy atom. The van der Waals surface area contributed by atoms with E-state index < -0.39 is 8.07 Å². The summed E-state index contributed by atoms with van der Waals surface area (Å²) in [7, 11) is -2.54. The fraction of sp³-hybridized carbons (Fsp3) is 0.0286. The van der Waals surface area contributed by atoms with Crippen LogP contribution in [0.1, 0.15) is 16.7 Å². The molecule has 0 aromatic heterocycles. The molecule has 0 aliphatic carbocycles. The van der Waals surface area contributed by atoms with E-state index in [-0.39, 0.29) is 0 Å². The number of aryl methyl sites for hydroxylation is 1. The SMILES string of the molecule is C=C(OC(=C)c1ccc([Si](c2ccccc2)(c2ccccc2)c2ccccc2)cc1)c1ccc(C)cc1. The lowest BCUT2D eigenvalue weighted by Crippen LogP contribution is -2.74. The normalized spacial score (nSPS) is 11.1. The number of ether oxygens (including phenoxy) is 1. The minimum atomic E-state index is -2.54. The van der Waals surface area contributed by atoms with Crippen LogP contribution < -0.4 is 20.7 Å². The Balaban J connectivity index is 1.57. The highest BCUT2D eigenvalue weighted by Crippen LogP contribution is 2.23. The van der Waals surface area contributed by atoms with Crippen molar-refractivity contribution in [2.75, 3.05) is 0 Å². The van der Waals surface area contributed by atoms with Gasteiger partial charge in [-0.15, -0.1) is 0 Å². The zero-order chi connectivity index (χ0) is 25.7. The van der Waals surface area contributed by atoms with Gasteiger partial charge in [-0.05, 0) is 27.7 Å². The van der Waals surface area contributed by atoms with Gasteiger partial charge in [-0.25, -0.2) is 0 Å². The lowest BCUT2D eigenvalue weighted by molar-refractivity contribution is 0.474. The second-order valence-corrected chi connectivity index (χ2v) is 13.0. The molecule has 0 aliphatic heterocycles. The van der Waals surface area contributed by atoms with Crippen molar-refractivity contribution in [3.63, 3.8) is 0 Å². The number of hydrogen-bond acceptors (Lipinski definition) is 1. The fourth-order valence-electron chi connectivity index (χ4n) is 4.98. The molecule has 0 aliphatic rings. The monoisotopic (exact) mass is 494 g/mol. The van der Waals surface area contributed by atoms with Crippen molar-refractivity contribution in [1.82, 2.24) is 0 Å². The van der Waals surface area contributed by atoms with Crippen LogP contribution in [0.25, 0.3) is 11.5 Å². The molecule has 0 fully saturated rings. The molecule has 5 aromatic carbocycles. The van der Waals surface area contributed by atoms with Gasteiger partial charge in [0.15, 0.2) is 8.07 Å². The van der Waals surface area contributed by atoms with E-state index in [1.807, 2.05) is 12.1 Å². The summed E-state index contributed by atoms with van der Waals surface area (Å²) in [5, 5.41) is 5.36. The first kappa shape index (κ1) is 24.3. The molecule has 0 N–H and O–H groups in total. The number of hydrogen-bond donors (Lipinski definition) is 0. The smallest absolute Gasteiger partial charge is 0.179 e. The molecular weight excluding hydrogens is 464 g/mol. The average molecular weight is 495 g/mol. The standard InChI is InChI=1S/C35H30OSi/c1-27-19-21-30(22-20-27)28(2)36-29(3)31-23-25-35(26-24-31)37(32-13-7-4-8-14-32,33-15-9-5-10-16-33)34-17-11-6-12-18-34/h4-26H,2-3H2,1H3. The van der Waals surface area contributed by atoms with Crippen LogP contribution >= 0.6 is 0 Å². The molecule has 0 amide bonds. The van der Waals surface area contributed by atoms with E-state index in [0.29, 0.717) is 11.5 Å². The summed E-state index contributed by atoms with van der Waals surface area (Å²) in [5.74, 6) is 1.18. The maximum atomic E-state index is 6.06. The molecule has 1 nitrogen and oxygen atoms in total. The fourth-order valence-corrected chi connectivity index (χ4v) is 9.72. The topological polar surface area (TPSA) is 9.23 Å². The molecule has 0 saturated heterocycles. The van der Waals surface area contributed by atoms with Crippen molar-refractivity contribution in [2.45, 2.75) is 6.92 Å². The van der Waals surface area contributed by atoms with Crippen LogP contribution in [0.4, 0.5) is 0 Å². The van der Waals surface area contributed by atoms with E-state index in [9.17, 15) is 0 Å². The largest absolute Gasteiger partial charge is 0.457 e. The Morgan fingerprint density at radius 1 is 0.459 bits per heavy atom. The Kier molecular flexibility index (Phi) is 7.02. The maximum Gasteiger partial charge on any atom is 0.179 e. The van der Waals surface area contributed by atoms with E-state index >= 15 is 0 Å². The summed E-state index contributed by atoms with van der Waals surface area (Å²) in [5.41, 5.74) is 3.09. The zero-order valence-electron chi connectivity index (χ0n) is 21.1. The summed E-state index contributed by atoms with van der Waals surface area (Å²) < 4.78 is 6.06. The molecule has 0 heterocycles. The van der Waals surface area contributed by atoms with Gasteiger partial charge in [-0.2, -0.15) is 0 Å². The predicted octanol–water partition coefficient (Wildman–Crippen LogP) is 6.03. The summed E-state index contributed by atoms with van der Waals surface area (Å²) in [6.45, 7) is 10.4. The highest BCUT2D eigenvalue weighted by molar-refractivity contribution is 7.19. The first-order valence-corrected chi connectivity index (χ1v) is 14.5. The van der Waals surface area contributed by atoms with Gasteiger partial charge in [0.05, 0.1) is 0 Å². The van der Waals surface area contributed by atoms with Gasteiger partial charge in [0.1, 0.15) is 11.5 Å². The first-order chi connectivity index (χ1) is 18.1. The Bertz CT molecular complexity index is 1390. The van der Waals surface area contributed by atoms with Crippen molar-refractivity contribution >= 4 is 40.3 Å². The summed E-state index contributed by atoms with van der Waals surface area (Å²) in [6.07, 6.45) is 0. The molecule has 5 rings (SSSR count). The zero-order valence-corrected chi connectivity index (χ0v) is 22.1. The number of rotatable bonds is 8. The lowest BCUT2D eigenvalue weighted by Gasteiger charge is -2.34. The molecule has 0 radical (unpaired) electrons. The minimum Gasteiger partial charge on any atom is -0.457 e. The molecule has 2 heteroatoms. The van der Waals surface area contributed by atoms with Crippen molar-refractivity contribution in [1.29, 1.82) is 0 Å². The summed E-state index contributed by atoms with van der Waals surface area (Å²) >= 11 is 0. The van der Waals surface area contributed by atoms with Crippen LogP contribution in [0.3, 0.4) is 0 Å². The molecule has 180 valence electrons. The van der Waals surface area contributed by atoms with Gasteiger partial charge >= 0.3 is 0 Å². The van der Waals surface area contributed by atoms with Gasteiger partial charge in [0.25, 0.3) is 0 Å². The van der Waals surface area contributed by atoms with Crippen molar-refractivity contribution in [2.24, 2.45) is 0 Å². The first-order valence-electron chi connectivity index (χ1n) is 12.5. The molecule has 37 heavy (non-hydrogen) atoms. The van der Waals surface area contributed by atoms with Crippen LogP contribution in [0.2, 0.25) is 0 Å². The van der Waals surface area contributed by atoms with Crippen molar-refractivity contribution in [3.8, 4) is 0 Å².